The van der Waals surface area contributed by atoms with E-state index in [4.69, 9.17) is 20.8 Å². The summed E-state index contributed by atoms with van der Waals surface area (Å²) in [5.74, 6) is 1.70. The van der Waals surface area contributed by atoms with E-state index in [1.807, 2.05) is 34.9 Å². The summed E-state index contributed by atoms with van der Waals surface area (Å²) < 4.78 is 13.0. The zero-order valence-corrected chi connectivity index (χ0v) is 18.2. The Bertz CT molecular complexity index is 1250. The predicted molar refractivity (Wildman–Crippen MR) is 123 cm³/mol. The van der Waals surface area contributed by atoms with Crippen molar-refractivity contribution in [1.82, 2.24) is 14.8 Å². The van der Waals surface area contributed by atoms with Crippen LogP contribution in [0.5, 0.6) is 5.75 Å². The zero-order chi connectivity index (χ0) is 21.8. The van der Waals surface area contributed by atoms with Crippen molar-refractivity contribution in [2.45, 2.75) is 11.7 Å². The number of ether oxygens (including phenoxy) is 1. The van der Waals surface area contributed by atoms with Crippen LogP contribution in [0.25, 0.3) is 22.6 Å². The van der Waals surface area contributed by atoms with Gasteiger partial charge < -0.3 is 14.5 Å². The van der Waals surface area contributed by atoms with Gasteiger partial charge in [-0.3, -0.25) is 9.36 Å². The number of furan rings is 1. The van der Waals surface area contributed by atoms with Crippen molar-refractivity contribution in [3.63, 3.8) is 0 Å². The number of thioether (sulfide) groups is 1. The lowest BCUT2D eigenvalue weighted by Gasteiger charge is -2.10. The van der Waals surface area contributed by atoms with Crippen molar-refractivity contribution in [2.75, 3.05) is 18.2 Å². The second-order valence-electron chi connectivity index (χ2n) is 6.54. The molecule has 0 radical (unpaired) electrons. The minimum Gasteiger partial charge on any atom is -0.495 e. The Morgan fingerprint density at radius 1 is 1.29 bits per heavy atom. The monoisotopic (exact) mass is 454 g/mol. The van der Waals surface area contributed by atoms with Gasteiger partial charge in [0.05, 0.1) is 18.6 Å². The standard InChI is InChI=1S/C22H19ClN4O3S/c1-3-10-27-21(19-12-14-11-15(23)8-9-17(14)30-19)25-26-22(27)31-13-20(28)24-16-6-4-5-7-18(16)29-2/h3-9,11-12H,1,10,13H2,2H3,(H,24,28). The van der Waals surface area contributed by atoms with E-state index >= 15 is 0 Å². The summed E-state index contributed by atoms with van der Waals surface area (Å²) in [5, 5.41) is 13.5. The summed E-state index contributed by atoms with van der Waals surface area (Å²) in [6, 6.07) is 14.5. The Labute approximate surface area is 188 Å². The first-order valence-electron chi connectivity index (χ1n) is 9.38. The number of carbonyl (C=O) groups excluding carboxylic acids is 1. The average Bonchev–Trinajstić information content (AvgIpc) is 3.36. The number of nitrogens with one attached hydrogen (secondary N) is 1. The summed E-state index contributed by atoms with van der Waals surface area (Å²) in [5.41, 5.74) is 1.32. The number of allylic oxidation sites excluding steroid dienone is 1. The molecule has 0 unspecified atom stereocenters. The lowest BCUT2D eigenvalue weighted by atomic mass is 10.2. The molecule has 2 aromatic heterocycles. The van der Waals surface area contributed by atoms with Gasteiger partial charge in [-0.2, -0.15) is 0 Å². The number of rotatable bonds is 8. The van der Waals surface area contributed by atoms with Crippen LogP contribution >= 0.6 is 23.4 Å². The molecule has 9 heteroatoms. The average molecular weight is 455 g/mol. The van der Waals surface area contributed by atoms with E-state index in [0.717, 1.165) is 5.39 Å². The van der Waals surface area contributed by atoms with Gasteiger partial charge in [0.25, 0.3) is 0 Å². The van der Waals surface area contributed by atoms with Gasteiger partial charge in [0.2, 0.25) is 11.7 Å². The maximum absolute atomic E-state index is 12.5. The number of methoxy groups -OCH3 is 1. The molecule has 0 aliphatic rings. The van der Waals surface area contributed by atoms with Crippen molar-refractivity contribution in [1.29, 1.82) is 0 Å². The molecule has 0 atom stereocenters. The Balaban J connectivity index is 1.53. The normalized spacial score (nSPS) is 10.9. The lowest BCUT2D eigenvalue weighted by Crippen LogP contribution is -2.15. The topological polar surface area (TPSA) is 82.2 Å². The molecule has 0 saturated carbocycles. The Morgan fingerprint density at radius 2 is 2.13 bits per heavy atom. The molecule has 0 aliphatic heterocycles. The quantitative estimate of drug-likeness (QED) is 0.288. The number of amides is 1. The molecule has 31 heavy (non-hydrogen) atoms. The highest BCUT2D eigenvalue weighted by molar-refractivity contribution is 7.99. The number of fused-ring (bicyclic) bond motifs is 1. The molecule has 0 aliphatic carbocycles. The molecule has 7 nitrogen and oxygen atoms in total. The molecule has 2 heterocycles. The summed E-state index contributed by atoms with van der Waals surface area (Å²) in [6.07, 6.45) is 1.74. The minimum absolute atomic E-state index is 0.156. The van der Waals surface area contributed by atoms with Gasteiger partial charge in [-0.1, -0.05) is 41.6 Å². The first kappa shape index (κ1) is 21.0. The van der Waals surface area contributed by atoms with E-state index in [0.29, 0.717) is 45.3 Å². The van der Waals surface area contributed by atoms with Gasteiger partial charge >= 0.3 is 0 Å². The molecule has 2 aromatic carbocycles. The largest absolute Gasteiger partial charge is 0.495 e. The van der Waals surface area contributed by atoms with Crippen molar-refractivity contribution >= 4 is 45.9 Å². The number of para-hydroxylation sites is 2. The molecular formula is C22H19ClN4O3S. The van der Waals surface area contributed by atoms with Crippen LogP contribution in [0.1, 0.15) is 0 Å². The highest BCUT2D eigenvalue weighted by atomic mass is 35.5. The van der Waals surface area contributed by atoms with Gasteiger partial charge in [0.15, 0.2) is 10.9 Å². The van der Waals surface area contributed by atoms with E-state index < -0.39 is 0 Å². The van der Waals surface area contributed by atoms with Gasteiger partial charge in [-0.25, -0.2) is 0 Å². The van der Waals surface area contributed by atoms with Crippen LogP contribution in [0.4, 0.5) is 5.69 Å². The third-order valence-electron chi connectivity index (χ3n) is 4.44. The number of hydrogen-bond donors (Lipinski definition) is 1. The number of carbonyl (C=O) groups is 1. The zero-order valence-electron chi connectivity index (χ0n) is 16.7. The predicted octanol–water partition coefficient (Wildman–Crippen LogP) is 5.27. The summed E-state index contributed by atoms with van der Waals surface area (Å²) in [7, 11) is 1.56. The second kappa shape index (κ2) is 9.28. The van der Waals surface area contributed by atoms with Crippen molar-refractivity contribution in [3.05, 3.63) is 66.2 Å². The van der Waals surface area contributed by atoms with E-state index in [1.165, 1.54) is 11.8 Å². The number of halogens is 1. The summed E-state index contributed by atoms with van der Waals surface area (Å²) in [6.45, 7) is 4.28. The Morgan fingerprint density at radius 3 is 2.94 bits per heavy atom. The SMILES string of the molecule is C=CCn1c(SCC(=O)Nc2ccccc2OC)nnc1-c1cc2cc(Cl)ccc2o1. The lowest BCUT2D eigenvalue weighted by molar-refractivity contribution is -0.113. The van der Waals surface area contributed by atoms with Gasteiger partial charge in [0.1, 0.15) is 11.3 Å². The molecule has 4 rings (SSSR count). The molecule has 158 valence electrons. The third kappa shape index (κ3) is 4.60. The van der Waals surface area contributed by atoms with Crippen LogP contribution in [-0.2, 0) is 11.3 Å². The first-order valence-corrected chi connectivity index (χ1v) is 10.7. The fraction of sp³-hybridized carbons (Fsp3) is 0.136. The molecule has 0 fully saturated rings. The minimum atomic E-state index is -0.178. The summed E-state index contributed by atoms with van der Waals surface area (Å²) >= 11 is 7.35. The number of aromatic nitrogens is 3. The molecular weight excluding hydrogens is 436 g/mol. The Hall–Kier alpha value is -3.23. The van der Waals surface area contributed by atoms with Crippen LogP contribution in [-0.4, -0.2) is 33.5 Å². The van der Waals surface area contributed by atoms with Crippen LogP contribution in [0, 0.1) is 0 Å². The summed E-state index contributed by atoms with van der Waals surface area (Å²) in [4.78, 5) is 12.5. The fourth-order valence-electron chi connectivity index (χ4n) is 3.06. The van der Waals surface area contributed by atoms with Gasteiger partial charge in [-0.15, -0.1) is 16.8 Å². The fourth-order valence-corrected chi connectivity index (χ4v) is 3.99. The first-order chi connectivity index (χ1) is 15.1. The van der Waals surface area contributed by atoms with Gasteiger partial charge in [0, 0.05) is 17.0 Å². The highest BCUT2D eigenvalue weighted by Crippen LogP contribution is 2.31. The smallest absolute Gasteiger partial charge is 0.234 e. The number of nitrogens with zero attached hydrogens (tertiary/aromatic N) is 3. The molecule has 1 amide bonds. The van der Waals surface area contributed by atoms with E-state index in [-0.39, 0.29) is 11.7 Å². The van der Waals surface area contributed by atoms with Gasteiger partial charge in [-0.05, 0) is 36.4 Å². The highest BCUT2D eigenvalue weighted by Gasteiger charge is 2.18. The van der Waals surface area contributed by atoms with Crippen LogP contribution < -0.4 is 10.1 Å². The maximum Gasteiger partial charge on any atom is 0.234 e. The number of hydrogen-bond acceptors (Lipinski definition) is 6. The van der Waals surface area contributed by atoms with Crippen molar-refractivity contribution in [2.24, 2.45) is 0 Å². The second-order valence-corrected chi connectivity index (χ2v) is 7.91. The molecule has 0 spiro atoms. The van der Waals surface area contributed by atoms with Crippen LogP contribution in [0.2, 0.25) is 5.02 Å². The molecule has 0 saturated heterocycles. The van der Waals surface area contributed by atoms with Crippen LogP contribution in [0.15, 0.2) is 70.8 Å². The van der Waals surface area contributed by atoms with Crippen molar-refractivity contribution < 1.29 is 13.9 Å². The van der Waals surface area contributed by atoms with E-state index in [1.54, 1.807) is 31.4 Å². The molecule has 4 aromatic rings. The maximum atomic E-state index is 12.5. The number of anilines is 1. The number of benzene rings is 2. The molecule has 1 N–H and O–H groups in total. The Kier molecular flexibility index (Phi) is 6.29. The van der Waals surface area contributed by atoms with E-state index in [2.05, 4.69) is 22.1 Å². The third-order valence-corrected chi connectivity index (χ3v) is 5.64. The van der Waals surface area contributed by atoms with Crippen molar-refractivity contribution in [3.8, 4) is 17.3 Å². The molecule has 0 bridgehead atoms. The van der Waals surface area contributed by atoms with Crippen LogP contribution in [0.3, 0.4) is 0 Å². The van der Waals surface area contributed by atoms with E-state index in [9.17, 15) is 4.79 Å².